The fourth-order valence-corrected chi connectivity index (χ4v) is 4.34. The topological polar surface area (TPSA) is 91.8 Å². The highest BCUT2D eigenvalue weighted by Gasteiger charge is 2.40. The minimum atomic E-state index is -0.428. The molecule has 32 heavy (non-hydrogen) atoms. The summed E-state index contributed by atoms with van der Waals surface area (Å²) in [6, 6.07) is 11.5. The van der Waals surface area contributed by atoms with Gasteiger partial charge in [0.1, 0.15) is 30.2 Å². The van der Waals surface area contributed by atoms with Gasteiger partial charge >= 0.3 is 0 Å². The molecule has 4 heterocycles. The van der Waals surface area contributed by atoms with E-state index in [-0.39, 0.29) is 12.4 Å². The van der Waals surface area contributed by atoms with E-state index < -0.39 is 5.92 Å². The van der Waals surface area contributed by atoms with Gasteiger partial charge in [0.05, 0.1) is 17.7 Å². The molecule has 1 aliphatic heterocycles. The minimum Gasteiger partial charge on any atom is -0.486 e. The predicted octanol–water partition coefficient (Wildman–Crippen LogP) is 4.14. The van der Waals surface area contributed by atoms with Gasteiger partial charge in [0.2, 0.25) is 5.88 Å². The summed E-state index contributed by atoms with van der Waals surface area (Å²) < 4.78 is 19.3. The molecule has 0 saturated carbocycles. The summed E-state index contributed by atoms with van der Waals surface area (Å²) in [6.45, 7) is 2.23. The van der Waals surface area contributed by atoms with Crippen LogP contribution in [0.1, 0.15) is 47.9 Å². The maximum absolute atomic E-state index is 12.9. The maximum atomic E-state index is 12.9. The molecular formula is C24H20N4O4. The summed E-state index contributed by atoms with van der Waals surface area (Å²) >= 11 is 0. The summed E-state index contributed by atoms with van der Waals surface area (Å²) in [5, 5.41) is 4.52. The highest BCUT2D eigenvalue weighted by Crippen LogP contribution is 2.47. The lowest BCUT2D eigenvalue weighted by molar-refractivity contribution is -0.116. The van der Waals surface area contributed by atoms with E-state index in [1.165, 1.54) is 0 Å². The van der Waals surface area contributed by atoms with Crippen LogP contribution in [-0.2, 0) is 11.4 Å². The number of hydrogen-bond donors (Lipinski definition) is 0. The molecule has 0 amide bonds. The van der Waals surface area contributed by atoms with Crippen molar-refractivity contribution in [1.82, 2.24) is 19.6 Å². The first-order valence-electron chi connectivity index (χ1n) is 10.6. The van der Waals surface area contributed by atoms with E-state index in [0.29, 0.717) is 52.8 Å². The number of furan rings is 1. The van der Waals surface area contributed by atoms with Crippen molar-refractivity contribution in [3.8, 4) is 11.6 Å². The molecule has 0 N–H and O–H groups in total. The Morgan fingerprint density at radius 1 is 1.19 bits per heavy atom. The van der Waals surface area contributed by atoms with E-state index in [2.05, 4.69) is 10.1 Å². The van der Waals surface area contributed by atoms with Gasteiger partial charge in [-0.05, 0) is 37.6 Å². The van der Waals surface area contributed by atoms with E-state index in [1.54, 1.807) is 17.1 Å². The zero-order chi connectivity index (χ0) is 21.7. The predicted molar refractivity (Wildman–Crippen MR) is 113 cm³/mol. The third-order valence-corrected chi connectivity index (χ3v) is 5.85. The van der Waals surface area contributed by atoms with Crippen LogP contribution in [0.5, 0.6) is 11.6 Å². The second-order valence-corrected chi connectivity index (χ2v) is 8.03. The Kier molecular flexibility index (Phi) is 4.31. The van der Waals surface area contributed by atoms with Crippen LogP contribution >= 0.6 is 0 Å². The molecule has 1 aromatic carbocycles. The summed E-state index contributed by atoms with van der Waals surface area (Å²) in [6.07, 6.45) is 5.15. The van der Waals surface area contributed by atoms with E-state index in [0.717, 1.165) is 17.7 Å². The van der Waals surface area contributed by atoms with Crippen molar-refractivity contribution in [2.45, 2.75) is 38.7 Å². The Bertz CT molecular complexity index is 1350. The molecule has 160 valence electrons. The molecule has 1 aliphatic carbocycles. The van der Waals surface area contributed by atoms with Gasteiger partial charge in [-0.25, -0.2) is 14.5 Å². The largest absolute Gasteiger partial charge is 0.486 e. The fraction of sp³-hybridized carbons (Fsp3) is 0.250. The Hall–Kier alpha value is -3.94. The van der Waals surface area contributed by atoms with Crippen molar-refractivity contribution in [3.05, 3.63) is 83.0 Å². The molecule has 0 bridgehead atoms. The van der Waals surface area contributed by atoms with Crippen LogP contribution in [0.4, 0.5) is 0 Å². The summed E-state index contributed by atoms with van der Waals surface area (Å²) in [7, 11) is 0. The van der Waals surface area contributed by atoms with E-state index in [1.807, 2.05) is 43.3 Å². The number of rotatable bonds is 4. The first-order chi connectivity index (χ1) is 15.7. The van der Waals surface area contributed by atoms with E-state index >= 15 is 0 Å². The van der Waals surface area contributed by atoms with Crippen molar-refractivity contribution in [2.75, 3.05) is 0 Å². The number of ketones is 1. The van der Waals surface area contributed by atoms with Gasteiger partial charge in [-0.15, -0.1) is 5.10 Å². The summed E-state index contributed by atoms with van der Waals surface area (Å²) in [4.78, 5) is 22.1. The average Bonchev–Trinajstić information content (AvgIpc) is 3.47. The lowest BCUT2D eigenvalue weighted by Crippen LogP contribution is -2.26. The van der Waals surface area contributed by atoms with Crippen LogP contribution in [-0.4, -0.2) is 25.4 Å². The number of aromatic nitrogens is 4. The number of benzene rings is 1. The number of fused-ring (bicyclic) bond motifs is 3. The lowest BCUT2D eigenvalue weighted by Gasteiger charge is -2.30. The van der Waals surface area contributed by atoms with E-state index in [9.17, 15) is 4.79 Å². The van der Waals surface area contributed by atoms with E-state index in [4.69, 9.17) is 18.9 Å². The van der Waals surface area contributed by atoms with Crippen LogP contribution < -0.4 is 9.47 Å². The molecule has 0 saturated heterocycles. The van der Waals surface area contributed by atoms with Gasteiger partial charge in [-0.1, -0.05) is 17.7 Å². The number of aryl methyl sites for hydroxylation is 1. The van der Waals surface area contributed by atoms with Crippen LogP contribution in [0, 0.1) is 6.92 Å². The summed E-state index contributed by atoms with van der Waals surface area (Å²) in [5.74, 6) is 2.67. The number of carbonyl (C=O) groups is 1. The molecule has 3 aromatic heterocycles. The third kappa shape index (κ3) is 3.07. The van der Waals surface area contributed by atoms with Crippen molar-refractivity contribution >= 4 is 11.4 Å². The third-order valence-electron chi connectivity index (χ3n) is 5.85. The second kappa shape index (κ2) is 7.33. The zero-order valence-electron chi connectivity index (χ0n) is 17.4. The number of carbonyl (C=O) groups excluding carboxylic acids is 1. The molecule has 8 heteroatoms. The van der Waals surface area contributed by atoms with Crippen LogP contribution in [0.2, 0.25) is 0 Å². The average molecular weight is 428 g/mol. The smallest absolute Gasteiger partial charge is 0.228 e. The van der Waals surface area contributed by atoms with Gasteiger partial charge in [0.15, 0.2) is 17.3 Å². The number of Topliss-reactive ketones (excluding diaryl/α,β-unsaturated/α-hetero) is 1. The molecular weight excluding hydrogens is 408 g/mol. The molecule has 8 nitrogen and oxygen atoms in total. The quantitative estimate of drug-likeness (QED) is 0.482. The van der Waals surface area contributed by atoms with Crippen LogP contribution in [0.3, 0.4) is 0 Å². The standard InChI is InChI=1S/C24H20N4O4/c1-14-7-9-15(10-8-14)31-12-19-26-23-22-21(17-6-3-11-30-17)20-16(29)4-2-5-18(20)32-24(22)25-13-28(23)27-19/h3,6-11,13,21H,2,4-5,12H2,1H3. The monoisotopic (exact) mass is 428 g/mol. The first kappa shape index (κ1) is 18.8. The van der Waals surface area contributed by atoms with Gasteiger partial charge in [0, 0.05) is 18.4 Å². The molecule has 6 rings (SSSR count). The number of nitrogens with zero attached hydrogens (tertiary/aromatic N) is 4. The Morgan fingerprint density at radius 2 is 2.06 bits per heavy atom. The molecule has 1 atom stereocenters. The van der Waals surface area contributed by atoms with Gasteiger partial charge in [0.25, 0.3) is 0 Å². The summed E-state index contributed by atoms with van der Waals surface area (Å²) in [5.41, 5.74) is 3.05. The number of hydrogen-bond acceptors (Lipinski definition) is 7. The van der Waals surface area contributed by atoms with Crippen LogP contribution in [0.25, 0.3) is 5.65 Å². The Morgan fingerprint density at radius 3 is 2.88 bits per heavy atom. The van der Waals surface area contributed by atoms with Gasteiger partial charge in [-0.3, -0.25) is 4.79 Å². The van der Waals surface area contributed by atoms with Crippen LogP contribution in [0.15, 0.2) is 64.7 Å². The maximum Gasteiger partial charge on any atom is 0.228 e. The highest BCUT2D eigenvalue weighted by atomic mass is 16.5. The molecule has 2 aliphatic rings. The first-order valence-corrected chi connectivity index (χ1v) is 10.6. The van der Waals surface area contributed by atoms with Gasteiger partial charge < -0.3 is 13.9 Å². The van der Waals surface area contributed by atoms with Gasteiger partial charge in [-0.2, -0.15) is 0 Å². The Balaban J connectivity index is 1.43. The number of allylic oxidation sites excluding steroid dienone is 2. The van der Waals surface area contributed by atoms with Crippen molar-refractivity contribution in [3.63, 3.8) is 0 Å². The molecule has 0 fully saturated rings. The van der Waals surface area contributed by atoms with Crippen molar-refractivity contribution in [2.24, 2.45) is 0 Å². The number of ether oxygens (including phenoxy) is 2. The second-order valence-electron chi connectivity index (χ2n) is 8.03. The highest BCUT2D eigenvalue weighted by molar-refractivity contribution is 5.99. The lowest BCUT2D eigenvalue weighted by atomic mass is 9.80. The van der Waals surface area contributed by atoms with Crippen molar-refractivity contribution in [1.29, 1.82) is 0 Å². The molecule has 0 spiro atoms. The fourth-order valence-electron chi connectivity index (χ4n) is 4.34. The minimum absolute atomic E-state index is 0.0720. The normalized spacial score (nSPS) is 17.8. The molecule has 0 radical (unpaired) electrons. The van der Waals surface area contributed by atoms with Crippen molar-refractivity contribution < 1.29 is 18.7 Å². The zero-order valence-corrected chi connectivity index (χ0v) is 17.4. The molecule has 1 unspecified atom stereocenters. The molecule has 4 aromatic rings. The SMILES string of the molecule is Cc1ccc(OCc2nc3c4c(ncn3n2)OC2=C(C(=O)CCC2)C4c2ccco2)cc1. The Labute approximate surface area is 183 Å².